The number of hydrogen-bond acceptors (Lipinski definition) is 2. The molecule has 1 saturated carbocycles. The Kier molecular flexibility index (Phi) is 2.13. The van der Waals surface area contributed by atoms with Crippen LogP contribution in [0.3, 0.4) is 0 Å². The lowest BCUT2D eigenvalue weighted by Gasteiger charge is -2.11. The number of hydrogen-bond donors (Lipinski definition) is 0. The van der Waals surface area contributed by atoms with Gasteiger partial charge in [-0.05, 0) is 36.8 Å². The van der Waals surface area contributed by atoms with Crippen LogP contribution < -0.4 is 0 Å². The fourth-order valence-corrected chi connectivity index (χ4v) is 1.92. The number of benzene rings is 1. The first-order valence-corrected chi connectivity index (χ1v) is 5.46. The minimum atomic E-state index is -0.232. The summed E-state index contributed by atoms with van der Waals surface area (Å²) in [5, 5.41) is 0. The van der Waals surface area contributed by atoms with Crippen LogP contribution in [0.5, 0.6) is 0 Å². The molecule has 0 spiro atoms. The summed E-state index contributed by atoms with van der Waals surface area (Å²) < 4.78 is 10.6. The highest BCUT2D eigenvalue weighted by atomic mass is 16.7. The lowest BCUT2D eigenvalue weighted by Crippen LogP contribution is -1.99. The van der Waals surface area contributed by atoms with E-state index in [1.807, 2.05) is 6.07 Å². The van der Waals surface area contributed by atoms with Crippen molar-refractivity contribution in [2.75, 3.05) is 0 Å². The highest BCUT2D eigenvalue weighted by molar-refractivity contribution is 5.25. The summed E-state index contributed by atoms with van der Waals surface area (Å²) in [6, 6.07) is 8.51. The summed E-state index contributed by atoms with van der Waals surface area (Å²) in [5.74, 6) is 0.920. The Morgan fingerprint density at radius 1 is 1.13 bits per heavy atom. The van der Waals surface area contributed by atoms with Crippen molar-refractivity contribution >= 4 is 0 Å². The van der Waals surface area contributed by atoms with Crippen molar-refractivity contribution in [1.29, 1.82) is 0 Å². The van der Waals surface area contributed by atoms with Gasteiger partial charge in [0.05, 0.1) is 0 Å². The monoisotopic (exact) mass is 202 g/mol. The summed E-state index contributed by atoms with van der Waals surface area (Å²) in [6.45, 7) is 0. The van der Waals surface area contributed by atoms with E-state index in [1.165, 1.54) is 24.8 Å². The zero-order valence-corrected chi connectivity index (χ0v) is 8.56. The van der Waals surface area contributed by atoms with Gasteiger partial charge in [-0.2, -0.15) is 0 Å². The van der Waals surface area contributed by atoms with Crippen LogP contribution >= 0.6 is 0 Å². The van der Waals surface area contributed by atoms with E-state index >= 15 is 0 Å². The summed E-state index contributed by atoms with van der Waals surface area (Å²) in [7, 11) is 0. The highest BCUT2D eigenvalue weighted by Gasteiger charge is 2.22. The van der Waals surface area contributed by atoms with Gasteiger partial charge in [-0.3, -0.25) is 0 Å². The van der Waals surface area contributed by atoms with Crippen LogP contribution in [0.25, 0.3) is 0 Å². The van der Waals surface area contributed by atoms with Gasteiger partial charge in [0.25, 0.3) is 6.29 Å². The van der Waals surface area contributed by atoms with Crippen molar-refractivity contribution < 1.29 is 9.47 Å². The van der Waals surface area contributed by atoms with Crippen molar-refractivity contribution in [3.8, 4) is 0 Å². The van der Waals surface area contributed by atoms with Crippen LogP contribution in [-0.4, -0.2) is 0 Å². The smallest absolute Gasteiger partial charge is 0.266 e. The first-order chi connectivity index (χ1) is 7.42. The van der Waals surface area contributed by atoms with Gasteiger partial charge in [0.15, 0.2) is 0 Å². The van der Waals surface area contributed by atoms with E-state index in [4.69, 9.17) is 9.47 Å². The zero-order valence-electron chi connectivity index (χ0n) is 8.56. The van der Waals surface area contributed by atoms with Crippen LogP contribution in [0, 0.1) is 5.92 Å². The van der Waals surface area contributed by atoms with Gasteiger partial charge >= 0.3 is 0 Å². The fraction of sp³-hybridized carbons (Fsp3) is 0.385. The van der Waals surface area contributed by atoms with Crippen molar-refractivity contribution in [2.45, 2.75) is 25.6 Å². The standard InChI is InChI=1S/C13H14O2/c1-2-11(8-10-4-5-10)9-12(3-1)13-14-6-7-15-13/h1-3,6-7,9-10,13H,4-5,8H2. The van der Waals surface area contributed by atoms with Crippen molar-refractivity contribution in [1.82, 2.24) is 0 Å². The van der Waals surface area contributed by atoms with E-state index in [0.717, 1.165) is 11.5 Å². The average molecular weight is 202 g/mol. The molecule has 0 bridgehead atoms. The lowest BCUT2D eigenvalue weighted by molar-refractivity contribution is -0.0246. The Morgan fingerprint density at radius 3 is 2.67 bits per heavy atom. The maximum Gasteiger partial charge on any atom is 0.266 e. The molecule has 1 aromatic rings. The normalized spacial score (nSPS) is 20.0. The molecule has 0 radical (unpaired) electrons. The zero-order chi connectivity index (χ0) is 10.1. The molecule has 2 nitrogen and oxygen atoms in total. The molecule has 0 N–H and O–H groups in total. The topological polar surface area (TPSA) is 18.5 Å². The summed E-state index contributed by atoms with van der Waals surface area (Å²) in [5.41, 5.74) is 2.51. The third kappa shape index (κ3) is 1.99. The first-order valence-electron chi connectivity index (χ1n) is 5.46. The Morgan fingerprint density at radius 2 is 1.93 bits per heavy atom. The fourth-order valence-electron chi connectivity index (χ4n) is 1.92. The van der Waals surface area contributed by atoms with Crippen molar-refractivity contribution in [2.24, 2.45) is 5.92 Å². The van der Waals surface area contributed by atoms with E-state index in [2.05, 4.69) is 18.2 Å². The van der Waals surface area contributed by atoms with Gasteiger partial charge in [0.2, 0.25) is 0 Å². The molecule has 15 heavy (non-hydrogen) atoms. The summed E-state index contributed by atoms with van der Waals surface area (Å²) in [6.07, 6.45) is 6.94. The molecule has 2 heteroatoms. The second-order valence-electron chi connectivity index (χ2n) is 4.27. The maximum atomic E-state index is 5.31. The molecule has 1 heterocycles. The molecule has 1 aromatic carbocycles. The quantitative estimate of drug-likeness (QED) is 0.749. The molecule has 1 aliphatic carbocycles. The van der Waals surface area contributed by atoms with Crippen LogP contribution in [0.15, 0.2) is 36.8 Å². The van der Waals surface area contributed by atoms with E-state index in [-0.39, 0.29) is 6.29 Å². The molecule has 0 saturated heterocycles. The molecular formula is C13H14O2. The molecular weight excluding hydrogens is 188 g/mol. The van der Waals surface area contributed by atoms with Gasteiger partial charge in [-0.15, -0.1) is 0 Å². The van der Waals surface area contributed by atoms with Gasteiger partial charge < -0.3 is 9.47 Å². The molecule has 0 unspecified atom stereocenters. The molecule has 0 amide bonds. The molecule has 1 aliphatic heterocycles. The third-order valence-corrected chi connectivity index (χ3v) is 2.90. The van der Waals surface area contributed by atoms with Crippen LogP contribution in [0.4, 0.5) is 0 Å². The molecule has 78 valence electrons. The van der Waals surface area contributed by atoms with Crippen LogP contribution in [0.2, 0.25) is 0 Å². The van der Waals surface area contributed by atoms with E-state index < -0.39 is 0 Å². The second kappa shape index (κ2) is 3.61. The summed E-state index contributed by atoms with van der Waals surface area (Å²) >= 11 is 0. The predicted octanol–water partition coefficient (Wildman–Crippen LogP) is 3.16. The van der Waals surface area contributed by atoms with Crippen LogP contribution in [0.1, 0.15) is 30.3 Å². The Labute approximate surface area is 89.5 Å². The minimum absolute atomic E-state index is 0.232. The van der Waals surface area contributed by atoms with Crippen molar-refractivity contribution in [3.63, 3.8) is 0 Å². The molecule has 3 rings (SSSR count). The van der Waals surface area contributed by atoms with Crippen molar-refractivity contribution in [3.05, 3.63) is 47.9 Å². The van der Waals surface area contributed by atoms with Gasteiger partial charge in [0, 0.05) is 5.56 Å². The number of rotatable bonds is 3. The molecule has 2 aliphatic rings. The largest absolute Gasteiger partial charge is 0.455 e. The molecule has 1 fully saturated rings. The van der Waals surface area contributed by atoms with E-state index in [1.54, 1.807) is 12.5 Å². The predicted molar refractivity (Wildman–Crippen MR) is 56.9 cm³/mol. The van der Waals surface area contributed by atoms with Gasteiger partial charge in [-0.1, -0.05) is 18.2 Å². The maximum absolute atomic E-state index is 5.31. The first kappa shape index (κ1) is 8.84. The average Bonchev–Trinajstić information content (AvgIpc) is 2.91. The molecule has 0 atom stereocenters. The Bertz CT molecular complexity index is 372. The highest BCUT2D eigenvalue weighted by Crippen LogP contribution is 2.33. The third-order valence-electron chi connectivity index (χ3n) is 2.90. The Balaban J connectivity index is 1.75. The second-order valence-corrected chi connectivity index (χ2v) is 4.27. The minimum Gasteiger partial charge on any atom is -0.455 e. The van der Waals surface area contributed by atoms with E-state index in [0.29, 0.717) is 0 Å². The lowest BCUT2D eigenvalue weighted by atomic mass is 10.1. The molecule has 0 aromatic heterocycles. The van der Waals surface area contributed by atoms with Gasteiger partial charge in [0.1, 0.15) is 12.5 Å². The Hall–Kier alpha value is -1.44. The summed E-state index contributed by atoms with van der Waals surface area (Å²) in [4.78, 5) is 0. The number of ether oxygens (including phenoxy) is 2. The SMILES string of the molecule is C1=COC(c2cccc(CC3CC3)c2)O1. The van der Waals surface area contributed by atoms with E-state index in [9.17, 15) is 0 Å². The van der Waals surface area contributed by atoms with Crippen LogP contribution in [-0.2, 0) is 15.9 Å². The van der Waals surface area contributed by atoms with Gasteiger partial charge in [-0.25, -0.2) is 0 Å².